The molecule has 1 saturated heterocycles. The Kier molecular flexibility index (Phi) is 4.43. The molecular weight excluding hydrogens is 266 g/mol. The molecule has 1 aromatic carbocycles. The molecule has 1 aliphatic heterocycles. The summed E-state index contributed by atoms with van der Waals surface area (Å²) in [6, 6.07) is 10.8. The number of hydrogen-bond donors (Lipinski definition) is 1. The molecule has 0 atom stereocenters. The zero-order valence-corrected chi connectivity index (χ0v) is 12.7. The van der Waals surface area contributed by atoms with E-state index < -0.39 is 0 Å². The molecule has 0 radical (unpaired) electrons. The molecule has 0 bridgehead atoms. The van der Waals surface area contributed by atoms with Crippen LogP contribution in [0.5, 0.6) is 0 Å². The molecule has 0 saturated carbocycles. The fraction of sp³-hybridized carbons (Fsp3) is 0.438. The van der Waals surface area contributed by atoms with Gasteiger partial charge in [0.2, 0.25) is 0 Å². The van der Waals surface area contributed by atoms with Gasteiger partial charge in [-0.25, -0.2) is 4.98 Å². The molecule has 1 N–H and O–H groups in total. The molecule has 2 aromatic rings. The second-order valence-corrected chi connectivity index (χ2v) is 6.26. The van der Waals surface area contributed by atoms with Crippen molar-refractivity contribution < 1.29 is 0 Å². The molecular formula is C16H21N3S. The summed E-state index contributed by atoms with van der Waals surface area (Å²) in [5, 5.41) is 5.95. The summed E-state index contributed by atoms with van der Waals surface area (Å²) in [4.78, 5) is 7.36. The number of aromatic nitrogens is 1. The Bertz CT molecular complexity index is 579. The van der Waals surface area contributed by atoms with Crippen LogP contribution in [-0.4, -0.2) is 36.1 Å². The predicted octanol–water partition coefficient (Wildman–Crippen LogP) is 2.90. The Hall–Kier alpha value is -1.26. The highest BCUT2D eigenvalue weighted by molar-refractivity contribution is 7.99. The average Bonchev–Trinajstić information content (AvgIpc) is 2.53. The lowest BCUT2D eigenvalue weighted by atomic mass is 10.1. The minimum Gasteiger partial charge on any atom is -0.354 e. The van der Waals surface area contributed by atoms with Crippen LogP contribution >= 0.6 is 11.8 Å². The third kappa shape index (κ3) is 2.91. The molecule has 4 heteroatoms. The lowest BCUT2D eigenvalue weighted by Crippen LogP contribution is -2.33. The zero-order valence-electron chi connectivity index (χ0n) is 11.9. The third-order valence-electron chi connectivity index (χ3n) is 3.64. The van der Waals surface area contributed by atoms with Crippen LogP contribution in [0.1, 0.15) is 12.6 Å². The van der Waals surface area contributed by atoms with Gasteiger partial charge in [0.15, 0.2) is 0 Å². The van der Waals surface area contributed by atoms with Gasteiger partial charge in [0, 0.05) is 36.5 Å². The topological polar surface area (TPSA) is 28.2 Å². The van der Waals surface area contributed by atoms with Gasteiger partial charge in [0.25, 0.3) is 0 Å². The number of benzene rings is 1. The number of nitrogens with zero attached hydrogens (tertiary/aromatic N) is 2. The number of hydrogen-bond acceptors (Lipinski definition) is 4. The second kappa shape index (κ2) is 6.46. The molecule has 1 aromatic heterocycles. The van der Waals surface area contributed by atoms with Crippen molar-refractivity contribution in [3.8, 4) is 0 Å². The van der Waals surface area contributed by atoms with E-state index in [9.17, 15) is 0 Å². The van der Waals surface area contributed by atoms with E-state index in [1.807, 2.05) is 11.8 Å². The average molecular weight is 287 g/mol. The highest BCUT2D eigenvalue weighted by Crippen LogP contribution is 2.27. The van der Waals surface area contributed by atoms with E-state index in [4.69, 9.17) is 4.98 Å². The van der Waals surface area contributed by atoms with E-state index in [-0.39, 0.29) is 0 Å². The standard InChI is InChI=1S/C16H21N3S/c1-2-17-12-14-11-13-5-3-4-6-15(13)16(18-14)19-7-9-20-10-8-19/h3-6,11,17H,2,7-10,12H2,1H3. The van der Waals surface area contributed by atoms with Crippen LogP contribution in [-0.2, 0) is 6.54 Å². The largest absolute Gasteiger partial charge is 0.354 e. The molecule has 3 rings (SSSR count). The van der Waals surface area contributed by atoms with Crippen LogP contribution in [0.15, 0.2) is 30.3 Å². The van der Waals surface area contributed by atoms with Crippen LogP contribution in [0, 0.1) is 0 Å². The summed E-state index contributed by atoms with van der Waals surface area (Å²) in [7, 11) is 0. The quantitative estimate of drug-likeness (QED) is 0.936. The second-order valence-electron chi connectivity index (χ2n) is 5.04. The molecule has 1 fully saturated rings. The van der Waals surface area contributed by atoms with Crippen molar-refractivity contribution in [2.24, 2.45) is 0 Å². The molecule has 0 aliphatic carbocycles. The molecule has 1 aliphatic rings. The van der Waals surface area contributed by atoms with Crippen molar-refractivity contribution in [2.45, 2.75) is 13.5 Å². The first-order valence-electron chi connectivity index (χ1n) is 7.30. The minimum atomic E-state index is 0.844. The highest BCUT2D eigenvalue weighted by atomic mass is 32.2. The molecule has 106 valence electrons. The smallest absolute Gasteiger partial charge is 0.136 e. The van der Waals surface area contributed by atoms with Gasteiger partial charge in [-0.05, 0) is 18.0 Å². The van der Waals surface area contributed by atoms with E-state index in [1.54, 1.807) is 0 Å². The van der Waals surface area contributed by atoms with Crippen LogP contribution in [0.3, 0.4) is 0 Å². The maximum atomic E-state index is 4.92. The minimum absolute atomic E-state index is 0.844. The van der Waals surface area contributed by atoms with E-state index in [1.165, 1.54) is 22.3 Å². The lowest BCUT2D eigenvalue weighted by Gasteiger charge is -2.29. The summed E-state index contributed by atoms with van der Waals surface area (Å²) < 4.78 is 0. The van der Waals surface area contributed by atoms with Gasteiger partial charge in [0.1, 0.15) is 5.82 Å². The number of rotatable bonds is 4. The first kappa shape index (κ1) is 13.7. The van der Waals surface area contributed by atoms with Gasteiger partial charge >= 0.3 is 0 Å². The molecule has 3 nitrogen and oxygen atoms in total. The molecule has 20 heavy (non-hydrogen) atoms. The Morgan fingerprint density at radius 2 is 2.05 bits per heavy atom. The SMILES string of the molecule is CCNCc1cc2ccccc2c(N2CCSCC2)n1. The van der Waals surface area contributed by atoms with Gasteiger partial charge < -0.3 is 10.2 Å². The number of anilines is 1. The number of nitrogens with one attached hydrogen (secondary N) is 1. The van der Waals surface area contributed by atoms with Crippen molar-refractivity contribution >= 4 is 28.4 Å². The Morgan fingerprint density at radius 3 is 2.85 bits per heavy atom. The van der Waals surface area contributed by atoms with Gasteiger partial charge in [-0.1, -0.05) is 31.2 Å². The highest BCUT2D eigenvalue weighted by Gasteiger charge is 2.16. The van der Waals surface area contributed by atoms with Gasteiger partial charge in [-0.2, -0.15) is 11.8 Å². The van der Waals surface area contributed by atoms with E-state index in [0.717, 1.165) is 37.7 Å². The van der Waals surface area contributed by atoms with Gasteiger partial charge in [0.05, 0.1) is 5.69 Å². The normalized spacial score (nSPS) is 15.8. The molecule has 0 unspecified atom stereocenters. The molecule has 0 spiro atoms. The molecule has 2 heterocycles. The summed E-state index contributed by atoms with van der Waals surface area (Å²) in [6.07, 6.45) is 0. The third-order valence-corrected chi connectivity index (χ3v) is 4.58. The van der Waals surface area contributed by atoms with Crippen molar-refractivity contribution in [1.29, 1.82) is 0 Å². The van der Waals surface area contributed by atoms with Crippen LogP contribution in [0.2, 0.25) is 0 Å². The fourth-order valence-electron chi connectivity index (χ4n) is 2.59. The number of thioether (sulfide) groups is 1. The van der Waals surface area contributed by atoms with E-state index >= 15 is 0 Å². The zero-order chi connectivity index (χ0) is 13.8. The monoisotopic (exact) mass is 287 g/mol. The van der Waals surface area contributed by atoms with Crippen LogP contribution in [0.25, 0.3) is 10.8 Å². The summed E-state index contributed by atoms with van der Waals surface area (Å²) in [5.74, 6) is 3.57. The Balaban J connectivity index is 2.02. The van der Waals surface area contributed by atoms with Crippen molar-refractivity contribution in [1.82, 2.24) is 10.3 Å². The summed E-state index contributed by atoms with van der Waals surface area (Å²) in [6.45, 7) is 6.16. The summed E-state index contributed by atoms with van der Waals surface area (Å²) in [5.41, 5.74) is 1.14. The number of fused-ring (bicyclic) bond motifs is 1. The maximum Gasteiger partial charge on any atom is 0.136 e. The Labute approximate surface area is 124 Å². The van der Waals surface area contributed by atoms with E-state index in [2.05, 4.69) is 47.5 Å². The lowest BCUT2D eigenvalue weighted by molar-refractivity contribution is 0.709. The van der Waals surface area contributed by atoms with Gasteiger partial charge in [-0.15, -0.1) is 0 Å². The maximum absolute atomic E-state index is 4.92. The van der Waals surface area contributed by atoms with E-state index in [0.29, 0.717) is 0 Å². The fourth-order valence-corrected chi connectivity index (χ4v) is 3.50. The van der Waals surface area contributed by atoms with Gasteiger partial charge in [-0.3, -0.25) is 0 Å². The first-order valence-corrected chi connectivity index (χ1v) is 8.46. The molecule has 0 amide bonds. The first-order chi connectivity index (χ1) is 9.88. The van der Waals surface area contributed by atoms with Crippen LogP contribution < -0.4 is 10.2 Å². The van der Waals surface area contributed by atoms with Crippen LogP contribution in [0.4, 0.5) is 5.82 Å². The van der Waals surface area contributed by atoms with Crippen molar-refractivity contribution in [3.05, 3.63) is 36.0 Å². The van der Waals surface area contributed by atoms with Crippen molar-refractivity contribution in [2.75, 3.05) is 36.0 Å². The Morgan fingerprint density at radius 1 is 1.25 bits per heavy atom. The predicted molar refractivity (Wildman–Crippen MR) is 88.7 cm³/mol. The summed E-state index contributed by atoms with van der Waals surface area (Å²) >= 11 is 2.04. The van der Waals surface area contributed by atoms with Crippen molar-refractivity contribution in [3.63, 3.8) is 0 Å². The number of pyridine rings is 1.